The Morgan fingerprint density at radius 1 is 1.33 bits per heavy atom. The van der Waals surface area contributed by atoms with Gasteiger partial charge < -0.3 is 14.8 Å². The van der Waals surface area contributed by atoms with Gasteiger partial charge in [0, 0.05) is 18.0 Å². The molecule has 21 heavy (non-hydrogen) atoms. The molecule has 0 saturated carbocycles. The number of nitrogens with one attached hydrogen (secondary N) is 1. The summed E-state index contributed by atoms with van der Waals surface area (Å²) in [5.74, 6) is 0.147. The molecule has 0 heterocycles. The maximum Gasteiger partial charge on any atom is 0.305 e. The first-order valence-electron chi connectivity index (χ1n) is 6.84. The summed E-state index contributed by atoms with van der Waals surface area (Å²) in [5.41, 5.74) is 0.873. The van der Waals surface area contributed by atoms with Gasteiger partial charge in [0.15, 0.2) is 6.61 Å². The summed E-state index contributed by atoms with van der Waals surface area (Å²) in [6.07, 6.45) is 0.843. The van der Waals surface area contributed by atoms with Crippen LogP contribution in [0.2, 0.25) is 5.02 Å². The lowest BCUT2D eigenvalue weighted by atomic mass is 10.2. The summed E-state index contributed by atoms with van der Waals surface area (Å²) in [5, 5.41) is 3.31. The molecule has 116 valence electrons. The molecule has 1 aromatic rings. The number of esters is 1. The van der Waals surface area contributed by atoms with Gasteiger partial charge in [-0.1, -0.05) is 11.6 Å². The highest BCUT2D eigenvalue weighted by atomic mass is 35.5. The van der Waals surface area contributed by atoms with Crippen molar-refractivity contribution in [1.82, 2.24) is 5.32 Å². The molecule has 1 N–H and O–H groups in total. The van der Waals surface area contributed by atoms with Crippen LogP contribution in [0.5, 0.6) is 5.75 Å². The molecule has 0 aliphatic heterocycles. The van der Waals surface area contributed by atoms with E-state index >= 15 is 0 Å². The van der Waals surface area contributed by atoms with Crippen LogP contribution < -0.4 is 10.1 Å². The molecule has 1 aromatic carbocycles. The van der Waals surface area contributed by atoms with Gasteiger partial charge in [0.05, 0.1) is 6.61 Å². The van der Waals surface area contributed by atoms with Crippen LogP contribution in [0.4, 0.5) is 0 Å². The molecular weight excluding hydrogens is 294 g/mol. The number of benzene rings is 1. The Morgan fingerprint density at radius 3 is 2.76 bits per heavy atom. The predicted octanol–water partition coefficient (Wildman–Crippen LogP) is 2.49. The van der Waals surface area contributed by atoms with E-state index in [-0.39, 0.29) is 18.5 Å². The van der Waals surface area contributed by atoms with E-state index < -0.39 is 0 Å². The van der Waals surface area contributed by atoms with Crippen LogP contribution in [0.1, 0.15) is 25.3 Å². The molecule has 0 aliphatic carbocycles. The SMILES string of the molecule is CCOC(=O)CCCNC(=O)COc1ccc(Cl)cc1C. The van der Waals surface area contributed by atoms with Crippen LogP contribution in [-0.2, 0) is 14.3 Å². The molecule has 0 radical (unpaired) electrons. The molecule has 0 atom stereocenters. The summed E-state index contributed by atoms with van der Waals surface area (Å²) in [4.78, 5) is 22.7. The Labute approximate surface area is 129 Å². The normalized spacial score (nSPS) is 10.0. The second kappa shape index (κ2) is 9.23. The highest BCUT2D eigenvalue weighted by Gasteiger charge is 2.06. The summed E-state index contributed by atoms with van der Waals surface area (Å²) in [6.45, 7) is 4.34. The Bertz CT molecular complexity index is 491. The molecule has 0 aliphatic rings. The number of ether oxygens (including phenoxy) is 2. The number of carbonyl (C=O) groups excluding carboxylic acids is 2. The molecular formula is C15H20ClNO4. The van der Waals surface area contributed by atoms with Gasteiger partial charge in [0.2, 0.25) is 0 Å². The van der Waals surface area contributed by atoms with Crippen molar-refractivity contribution in [3.05, 3.63) is 28.8 Å². The van der Waals surface area contributed by atoms with Crippen molar-refractivity contribution in [3.63, 3.8) is 0 Å². The van der Waals surface area contributed by atoms with Crippen LogP contribution in [-0.4, -0.2) is 31.6 Å². The third kappa shape index (κ3) is 6.99. The second-order valence-electron chi connectivity index (χ2n) is 4.46. The Kier molecular flexibility index (Phi) is 7.61. The fourth-order valence-electron chi connectivity index (χ4n) is 1.66. The zero-order chi connectivity index (χ0) is 15.7. The number of aryl methyl sites for hydroxylation is 1. The molecule has 0 fully saturated rings. The molecule has 0 spiro atoms. The van der Waals surface area contributed by atoms with E-state index in [4.69, 9.17) is 21.1 Å². The summed E-state index contributed by atoms with van der Waals surface area (Å²) in [6, 6.07) is 5.21. The third-order valence-corrected chi connectivity index (χ3v) is 2.92. The first-order valence-corrected chi connectivity index (χ1v) is 7.22. The quantitative estimate of drug-likeness (QED) is 0.591. The fraction of sp³-hybridized carbons (Fsp3) is 0.467. The minimum atomic E-state index is -0.250. The summed E-state index contributed by atoms with van der Waals surface area (Å²) < 4.78 is 10.2. The van der Waals surface area contributed by atoms with Crippen molar-refractivity contribution in [2.24, 2.45) is 0 Å². The molecule has 0 bridgehead atoms. The van der Waals surface area contributed by atoms with Crippen molar-refractivity contribution in [3.8, 4) is 5.75 Å². The molecule has 5 nitrogen and oxygen atoms in total. The van der Waals surface area contributed by atoms with Gasteiger partial charge in [-0.3, -0.25) is 9.59 Å². The molecule has 0 aromatic heterocycles. The van der Waals surface area contributed by atoms with E-state index in [2.05, 4.69) is 5.32 Å². The minimum absolute atomic E-state index is 0.0676. The Hall–Kier alpha value is -1.75. The number of hydrogen-bond acceptors (Lipinski definition) is 4. The van der Waals surface area contributed by atoms with Crippen LogP contribution in [0.15, 0.2) is 18.2 Å². The largest absolute Gasteiger partial charge is 0.484 e. The molecule has 1 amide bonds. The Balaban J connectivity index is 2.21. The molecule has 6 heteroatoms. The number of rotatable bonds is 8. The van der Waals surface area contributed by atoms with Gasteiger partial charge in [-0.25, -0.2) is 0 Å². The topological polar surface area (TPSA) is 64.6 Å². The van der Waals surface area contributed by atoms with Crippen LogP contribution in [0.3, 0.4) is 0 Å². The van der Waals surface area contributed by atoms with E-state index in [1.54, 1.807) is 25.1 Å². The van der Waals surface area contributed by atoms with E-state index in [1.807, 2.05) is 6.92 Å². The van der Waals surface area contributed by atoms with Gasteiger partial charge in [-0.15, -0.1) is 0 Å². The van der Waals surface area contributed by atoms with Crippen molar-refractivity contribution in [2.75, 3.05) is 19.8 Å². The zero-order valence-electron chi connectivity index (χ0n) is 12.3. The number of halogens is 1. The van der Waals surface area contributed by atoms with Crippen LogP contribution >= 0.6 is 11.6 Å². The lowest BCUT2D eigenvalue weighted by Crippen LogP contribution is -2.30. The van der Waals surface area contributed by atoms with Gasteiger partial charge in [-0.05, 0) is 44.0 Å². The van der Waals surface area contributed by atoms with Gasteiger partial charge in [0.1, 0.15) is 5.75 Å². The van der Waals surface area contributed by atoms with E-state index in [1.165, 1.54) is 0 Å². The van der Waals surface area contributed by atoms with Gasteiger partial charge in [-0.2, -0.15) is 0 Å². The number of amides is 1. The van der Waals surface area contributed by atoms with E-state index in [0.29, 0.717) is 36.8 Å². The average Bonchev–Trinajstić information content (AvgIpc) is 2.43. The summed E-state index contributed by atoms with van der Waals surface area (Å²) in [7, 11) is 0. The van der Waals surface area contributed by atoms with Crippen LogP contribution in [0, 0.1) is 6.92 Å². The number of hydrogen-bond donors (Lipinski definition) is 1. The predicted molar refractivity (Wildman–Crippen MR) is 80.6 cm³/mol. The molecule has 1 rings (SSSR count). The van der Waals surface area contributed by atoms with Gasteiger partial charge in [0.25, 0.3) is 5.91 Å². The zero-order valence-corrected chi connectivity index (χ0v) is 13.0. The highest BCUT2D eigenvalue weighted by molar-refractivity contribution is 6.30. The summed E-state index contributed by atoms with van der Waals surface area (Å²) >= 11 is 5.84. The second-order valence-corrected chi connectivity index (χ2v) is 4.89. The smallest absolute Gasteiger partial charge is 0.305 e. The third-order valence-electron chi connectivity index (χ3n) is 2.68. The highest BCUT2D eigenvalue weighted by Crippen LogP contribution is 2.21. The van der Waals surface area contributed by atoms with Crippen molar-refractivity contribution in [1.29, 1.82) is 0 Å². The number of carbonyl (C=O) groups is 2. The first-order chi connectivity index (χ1) is 10.0. The lowest BCUT2D eigenvalue weighted by molar-refractivity contribution is -0.143. The first kappa shape index (κ1) is 17.3. The van der Waals surface area contributed by atoms with Gasteiger partial charge >= 0.3 is 5.97 Å². The van der Waals surface area contributed by atoms with E-state index in [9.17, 15) is 9.59 Å². The fourth-order valence-corrected chi connectivity index (χ4v) is 1.89. The minimum Gasteiger partial charge on any atom is -0.484 e. The maximum atomic E-state index is 11.6. The van der Waals surface area contributed by atoms with Crippen molar-refractivity contribution >= 4 is 23.5 Å². The van der Waals surface area contributed by atoms with E-state index in [0.717, 1.165) is 5.56 Å². The lowest BCUT2D eigenvalue weighted by Gasteiger charge is -2.09. The maximum absolute atomic E-state index is 11.6. The van der Waals surface area contributed by atoms with Crippen molar-refractivity contribution < 1.29 is 19.1 Å². The Morgan fingerprint density at radius 2 is 2.10 bits per heavy atom. The molecule has 0 unspecified atom stereocenters. The monoisotopic (exact) mass is 313 g/mol. The van der Waals surface area contributed by atoms with Crippen molar-refractivity contribution in [2.45, 2.75) is 26.7 Å². The average molecular weight is 314 g/mol. The molecule has 0 saturated heterocycles. The van der Waals surface area contributed by atoms with Crippen LogP contribution in [0.25, 0.3) is 0 Å². The standard InChI is InChI=1S/C15H20ClNO4/c1-3-20-15(19)5-4-8-17-14(18)10-21-13-7-6-12(16)9-11(13)2/h6-7,9H,3-5,8,10H2,1-2H3,(H,17,18).